The molecule has 0 spiro atoms. The number of hydrogen-bond donors (Lipinski definition) is 0. The molecule has 8 heteroatoms. The molecular weight excluding hydrogens is 370 g/mol. The van der Waals surface area contributed by atoms with E-state index in [1.165, 1.54) is 11.2 Å². The predicted molar refractivity (Wildman–Crippen MR) is 90.9 cm³/mol. The van der Waals surface area contributed by atoms with Crippen LogP contribution in [0.25, 0.3) is 0 Å². The van der Waals surface area contributed by atoms with Gasteiger partial charge in [0.05, 0.1) is 21.8 Å². The Bertz CT molecular complexity index is 824. The topological polar surface area (TPSA) is 45.9 Å². The van der Waals surface area contributed by atoms with E-state index >= 15 is 0 Å². The number of carbonyl (C=O) groups is 1. The second-order valence-corrected chi connectivity index (χ2v) is 6.44. The summed E-state index contributed by atoms with van der Waals surface area (Å²) in [6, 6.07) is 5.83. The lowest BCUT2D eigenvalue weighted by Gasteiger charge is -2.36. The molecule has 0 fully saturated rings. The van der Waals surface area contributed by atoms with Crippen molar-refractivity contribution in [3.8, 4) is 0 Å². The quantitative estimate of drug-likeness (QED) is 0.674. The van der Waals surface area contributed by atoms with Gasteiger partial charge >= 0.3 is 6.47 Å². The highest BCUT2D eigenvalue weighted by molar-refractivity contribution is 6.42. The maximum absolute atomic E-state index is 13.4. The summed E-state index contributed by atoms with van der Waals surface area (Å²) in [6.07, 6.45) is 2.85. The van der Waals surface area contributed by atoms with Crippen LogP contribution >= 0.6 is 23.2 Å². The summed E-state index contributed by atoms with van der Waals surface area (Å²) in [5.74, 6) is -0.0845. The Kier molecular flexibility index (Phi) is 5.03. The van der Waals surface area contributed by atoms with Crippen molar-refractivity contribution in [3.05, 3.63) is 69.5 Å². The number of benzene rings is 1. The number of carbonyl (C=O) groups excluding carboxylic acids is 1. The van der Waals surface area contributed by atoms with E-state index in [0.29, 0.717) is 28.0 Å². The van der Waals surface area contributed by atoms with Crippen molar-refractivity contribution in [2.45, 2.75) is 25.9 Å². The van der Waals surface area contributed by atoms with E-state index in [4.69, 9.17) is 32.5 Å². The molecule has 0 bridgehead atoms. The number of rotatable bonds is 5. The van der Waals surface area contributed by atoms with Gasteiger partial charge in [-0.15, -0.1) is 5.17 Å². The minimum atomic E-state index is -0.474. The Hall–Kier alpha value is -2.02. The van der Waals surface area contributed by atoms with E-state index in [1.54, 1.807) is 24.1 Å². The largest absolute Gasteiger partial charge is 0.464 e. The second kappa shape index (κ2) is 7.07. The average molecular weight is 385 g/mol. The van der Waals surface area contributed by atoms with Gasteiger partial charge in [-0.05, 0) is 37.6 Å². The van der Waals surface area contributed by atoms with Gasteiger partial charge in [-0.25, -0.2) is 4.39 Å². The number of allylic oxidation sites excluding steroid dienone is 1. The third-order valence-corrected chi connectivity index (χ3v) is 4.78. The first-order valence-corrected chi connectivity index (χ1v) is 8.24. The zero-order chi connectivity index (χ0) is 18.1. The van der Waals surface area contributed by atoms with Crippen LogP contribution in [0.5, 0.6) is 0 Å². The fraction of sp³-hybridized carbons (Fsp3) is 0.235. The van der Waals surface area contributed by atoms with E-state index in [0.717, 1.165) is 11.8 Å². The SMILES string of the molecule is CC1=CC(c2cc(F)co2)N(C(C)c2ccc(Cl)c(Cl)c2)N1OC=O. The average Bonchev–Trinajstić information content (AvgIpc) is 3.14. The number of furan rings is 1. The fourth-order valence-corrected chi connectivity index (χ4v) is 3.17. The third-order valence-electron chi connectivity index (χ3n) is 4.04. The molecule has 1 aromatic carbocycles. The van der Waals surface area contributed by atoms with E-state index in [9.17, 15) is 9.18 Å². The van der Waals surface area contributed by atoms with Crippen molar-refractivity contribution >= 4 is 29.7 Å². The molecule has 2 aromatic rings. The van der Waals surface area contributed by atoms with E-state index in [1.807, 2.05) is 19.1 Å². The van der Waals surface area contributed by atoms with Crippen molar-refractivity contribution in [2.24, 2.45) is 0 Å². The van der Waals surface area contributed by atoms with Gasteiger partial charge in [0, 0.05) is 6.07 Å². The zero-order valence-corrected chi connectivity index (χ0v) is 15.0. The van der Waals surface area contributed by atoms with Crippen LogP contribution in [0.3, 0.4) is 0 Å². The molecule has 0 saturated carbocycles. The highest BCUT2D eigenvalue weighted by atomic mass is 35.5. The zero-order valence-electron chi connectivity index (χ0n) is 13.4. The molecule has 25 heavy (non-hydrogen) atoms. The van der Waals surface area contributed by atoms with Crippen molar-refractivity contribution in [1.82, 2.24) is 10.2 Å². The van der Waals surface area contributed by atoms with Crippen LogP contribution in [0.4, 0.5) is 4.39 Å². The first-order chi connectivity index (χ1) is 11.9. The molecule has 3 rings (SSSR count). The lowest BCUT2D eigenvalue weighted by molar-refractivity contribution is -0.248. The molecule has 2 heterocycles. The van der Waals surface area contributed by atoms with Crippen molar-refractivity contribution in [2.75, 3.05) is 0 Å². The van der Waals surface area contributed by atoms with E-state index in [2.05, 4.69) is 0 Å². The smallest absolute Gasteiger partial charge is 0.322 e. The number of hydrazine groups is 1. The molecule has 0 saturated heterocycles. The van der Waals surface area contributed by atoms with E-state index in [-0.39, 0.29) is 6.04 Å². The van der Waals surface area contributed by atoms with Crippen molar-refractivity contribution in [3.63, 3.8) is 0 Å². The van der Waals surface area contributed by atoms with Crippen molar-refractivity contribution < 1.29 is 18.4 Å². The standard InChI is InChI=1S/C17H15Cl2FN2O3/c1-10-5-16(17-7-13(20)8-24-17)21(22(10)25-9-23)11(2)12-3-4-14(18)15(19)6-12/h3-9,11,16H,1-2H3. The van der Waals surface area contributed by atoms with Crippen LogP contribution in [0.15, 0.2) is 46.7 Å². The number of nitrogens with zero attached hydrogens (tertiary/aromatic N) is 2. The van der Waals surface area contributed by atoms with Crippen LogP contribution in [-0.4, -0.2) is 16.7 Å². The summed E-state index contributed by atoms with van der Waals surface area (Å²) < 4.78 is 18.7. The minimum absolute atomic E-state index is 0.276. The van der Waals surface area contributed by atoms with E-state index < -0.39 is 11.9 Å². The Labute approximate surface area is 154 Å². The molecule has 132 valence electrons. The van der Waals surface area contributed by atoms with Crippen LogP contribution < -0.4 is 0 Å². The Morgan fingerprint density at radius 2 is 2.08 bits per heavy atom. The maximum Gasteiger partial charge on any atom is 0.322 e. The highest BCUT2D eigenvalue weighted by Gasteiger charge is 2.39. The first kappa shape index (κ1) is 17.8. The van der Waals surface area contributed by atoms with Crippen LogP contribution in [0.2, 0.25) is 10.0 Å². The first-order valence-electron chi connectivity index (χ1n) is 7.48. The van der Waals surface area contributed by atoms with Gasteiger partial charge in [-0.1, -0.05) is 29.3 Å². The Morgan fingerprint density at radius 1 is 1.32 bits per heavy atom. The van der Waals surface area contributed by atoms with Crippen LogP contribution in [0.1, 0.15) is 37.3 Å². The molecule has 0 N–H and O–H groups in total. The third kappa shape index (κ3) is 3.38. The van der Waals surface area contributed by atoms with Crippen LogP contribution in [-0.2, 0) is 9.63 Å². The number of hydrogen-bond acceptors (Lipinski definition) is 5. The van der Waals surface area contributed by atoms with Gasteiger partial charge in [-0.2, -0.15) is 5.01 Å². The van der Waals surface area contributed by atoms with Gasteiger partial charge in [0.15, 0.2) is 5.82 Å². The number of halogens is 3. The minimum Gasteiger partial charge on any atom is -0.464 e. The van der Waals surface area contributed by atoms with Gasteiger partial charge < -0.3 is 9.25 Å². The summed E-state index contributed by atoms with van der Waals surface area (Å²) in [6.45, 7) is 4.01. The molecule has 1 aliphatic heterocycles. The molecule has 1 aliphatic rings. The summed E-state index contributed by atoms with van der Waals surface area (Å²) in [4.78, 5) is 16.0. The Balaban J connectivity index is 2.00. The van der Waals surface area contributed by atoms with Gasteiger partial charge in [-0.3, -0.25) is 4.79 Å². The molecule has 0 amide bonds. The molecule has 0 aliphatic carbocycles. The molecule has 2 unspecified atom stereocenters. The summed E-state index contributed by atoms with van der Waals surface area (Å²) >= 11 is 12.1. The maximum atomic E-state index is 13.4. The lowest BCUT2D eigenvalue weighted by atomic mass is 10.1. The summed E-state index contributed by atoms with van der Waals surface area (Å²) in [7, 11) is 0. The molecule has 2 atom stereocenters. The van der Waals surface area contributed by atoms with Gasteiger partial charge in [0.25, 0.3) is 0 Å². The lowest BCUT2D eigenvalue weighted by Crippen LogP contribution is -2.40. The highest BCUT2D eigenvalue weighted by Crippen LogP contribution is 2.41. The number of hydroxylamine groups is 1. The molecule has 5 nitrogen and oxygen atoms in total. The van der Waals surface area contributed by atoms with Crippen molar-refractivity contribution in [1.29, 1.82) is 0 Å². The molecule has 1 aromatic heterocycles. The normalized spacial score (nSPS) is 19.0. The van der Waals surface area contributed by atoms with Crippen LogP contribution in [0, 0.1) is 5.82 Å². The monoisotopic (exact) mass is 384 g/mol. The van der Waals surface area contributed by atoms with Gasteiger partial charge in [0.2, 0.25) is 0 Å². The Morgan fingerprint density at radius 3 is 2.68 bits per heavy atom. The summed E-state index contributed by atoms with van der Waals surface area (Å²) in [5.41, 5.74) is 1.51. The summed E-state index contributed by atoms with van der Waals surface area (Å²) in [5, 5.41) is 3.96. The molecular formula is C17H15Cl2FN2O3. The van der Waals surface area contributed by atoms with Gasteiger partial charge in [0.1, 0.15) is 18.1 Å². The fourth-order valence-electron chi connectivity index (χ4n) is 2.86. The molecule has 0 radical (unpaired) electrons. The predicted octanol–water partition coefficient (Wildman–Crippen LogP) is 5.05. The second-order valence-electron chi connectivity index (χ2n) is 5.62.